The number of carbonyl (C=O) groups excluding carboxylic acids is 1. The summed E-state index contributed by atoms with van der Waals surface area (Å²) >= 11 is 8.64. The maximum atomic E-state index is 12.3. The largest absolute Gasteiger partial charge is 0.370 e. The van der Waals surface area contributed by atoms with E-state index < -0.39 is 0 Å². The van der Waals surface area contributed by atoms with Crippen molar-refractivity contribution in [2.45, 2.75) is 19.3 Å². The second-order valence-electron chi connectivity index (χ2n) is 5.67. The number of piperidine rings is 1. The second-order valence-corrected chi connectivity index (χ2v) is 7.33. The first kappa shape index (κ1) is 16.6. The van der Waals surface area contributed by atoms with E-state index in [0.29, 0.717) is 10.6 Å². The normalized spacial score (nSPS) is 14.6. The van der Waals surface area contributed by atoms with Gasteiger partial charge in [-0.3, -0.25) is 4.79 Å². The molecule has 0 atom stereocenters. The molecule has 0 saturated carbocycles. The average Bonchev–Trinajstić information content (AvgIpc) is 2.56. The molecular weight excluding hydrogens is 423 g/mol. The summed E-state index contributed by atoms with van der Waals surface area (Å²) < 4.78 is 1.10. The Kier molecular flexibility index (Phi) is 5.43. The molecule has 2 aromatic carbocycles. The Morgan fingerprint density at radius 1 is 1.04 bits per heavy atom. The molecule has 0 spiro atoms. The lowest BCUT2D eigenvalue weighted by Crippen LogP contribution is -2.29. The van der Waals surface area contributed by atoms with Crippen molar-refractivity contribution in [3.05, 3.63) is 56.6 Å². The van der Waals surface area contributed by atoms with Gasteiger partial charge in [0.25, 0.3) is 5.91 Å². The van der Waals surface area contributed by atoms with Crippen molar-refractivity contribution in [1.29, 1.82) is 0 Å². The predicted molar refractivity (Wildman–Crippen MR) is 105 cm³/mol. The average molecular weight is 441 g/mol. The van der Waals surface area contributed by atoms with E-state index in [4.69, 9.17) is 11.6 Å². The Hall–Kier alpha value is -1.27. The molecule has 0 radical (unpaired) electrons. The molecule has 1 N–H and O–H groups in total. The number of nitrogens with one attached hydrogen (secondary N) is 1. The predicted octanol–water partition coefficient (Wildman–Crippen LogP) is 5.19. The minimum Gasteiger partial charge on any atom is -0.370 e. The van der Waals surface area contributed by atoms with E-state index in [0.717, 1.165) is 28.0 Å². The number of nitrogens with zero attached hydrogens (tertiary/aromatic N) is 1. The van der Waals surface area contributed by atoms with E-state index in [9.17, 15) is 4.79 Å². The number of anilines is 2. The molecule has 1 heterocycles. The van der Waals surface area contributed by atoms with Gasteiger partial charge in [0.15, 0.2) is 0 Å². The third-order valence-electron chi connectivity index (χ3n) is 4.01. The van der Waals surface area contributed by atoms with E-state index in [-0.39, 0.29) is 5.91 Å². The van der Waals surface area contributed by atoms with E-state index >= 15 is 0 Å². The summed E-state index contributed by atoms with van der Waals surface area (Å²) in [5.74, 6) is -0.122. The fourth-order valence-electron chi connectivity index (χ4n) is 2.78. The monoisotopic (exact) mass is 440 g/mol. The highest BCUT2D eigenvalue weighted by Gasteiger charge is 2.14. The Labute approximate surface area is 155 Å². The van der Waals surface area contributed by atoms with Crippen LogP contribution in [0.4, 0.5) is 11.4 Å². The van der Waals surface area contributed by atoms with Crippen LogP contribution in [0.1, 0.15) is 29.6 Å². The van der Waals surface area contributed by atoms with Crippen molar-refractivity contribution in [1.82, 2.24) is 0 Å². The Bertz CT molecular complexity index is 697. The Morgan fingerprint density at radius 2 is 1.74 bits per heavy atom. The minimum atomic E-state index is -0.122. The zero-order chi connectivity index (χ0) is 16.2. The van der Waals surface area contributed by atoms with Crippen LogP contribution in [0, 0.1) is 3.57 Å². The lowest BCUT2D eigenvalue weighted by atomic mass is 10.1. The van der Waals surface area contributed by atoms with Gasteiger partial charge in [-0.05, 0) is 84.3 Å². The number of hydrogen-bond donors (Lipinski definition) is 1. The SMILES string of the molecule is O=C(Nc1ccc(N2CCCCC2)c(Cl)c1)c1ccc(I)cc1. The molecule has 0 aromatic heterocycles. The Morgan fingerprint density at radius 3 is 2.39 bits per heavy atom. The number of hydrogen-bond acceptors (Lipinski definition) is 2. The van der Waals surface area contributed by atoms with E-state index in [1.807, 2.05) is 42.5 Å². The number of halogens is 2. The highest BCUT2D eigenvalue weighted by molar-refractivity contribution is 14.1. The van der Waals surface area contributed by atoms with Gasteiger partial charge < -0.3 is 10.2 Å². The summed E-state index contributed by atoms with van der Waals surface area (Å²) in [5.41, 5.74) is 2.42. The van der Waals surface area contributed by atoms with Crippen LogP contribution in [-0.2, 0) is 0 Å². The summed E-state index contributed by atoms with van der Waals surface area (Å²) in [6.45, 7) is 2.10. The van der Waals surface area contributed by atoms with Gasteiger partial charge >= 0.3 is 0 Å². The van der Waals surface area contributed by atoms with Gasteiger partial charge in [0.1, 0.15) is 0 Å². The van der Waals surface area contributed by atoms with Gasteiger partial charge in [-0.2, -0.15) is 0 Å². The van der Waals surface area contributed by atoms with Crippen LogP contribution in [0.15, 0.2) is 42.5 Å². The molecule has 120 valence electrons. The van der Waals surface area contributed by atoms with E-state index in [1.54, 1.807) is 0 Å². The van der Waals surface area contributed by atoms with Crippen LogP contribution in [0.2, 0.25) is 5.02 Å². The van der Waals surface area contributed by atoms with Crippen LogP contribution in [0.25, 0.3) is 0 Å². The molecule has 0 aliphatic carbocycles. The zero-order valence-corrected chi connectivity index (χ0v) is 15.6. The van der Waals surface area contributed by atoms with Gasteiger partial charge in [0.2, 0.25) is 0 Å². The van der Waals surface area contributed by atoms with Crippen molar-refractivity contribution < 1.29 is 4.79 Å². The molecule has 1 saturated heterocycles. The van der Waals surface area contributed by atoms with Gasteiger partial charge in [-0.15, -0.1) is 0 Å². The standard InChI is InChI=1S/C18H18ClIN2O/c19-16-12-15(8-9-17(16)22-10-2-1-3-11-22)21-18(23)13-4-6-14(20)7-5-13/h4-9,12H,1-3,10-11H2,(H,21,23). The maximum absolute atomic E-state index is 12.3. The maximum Gasteiger partial charge on any atom is 0.255 e. The first-order valence-corrected chi connectivity index (χ1v) is 9.20. The number of rotatable bonds is 3. The lowest BCUT2D eigenvalue weighted by Gasteiger charge is -2.29. The van der Waals surface area contributed by atoms with Gasteiger partial charge in [0, 0.05) is 27.9 Å². The first-order chi connectivity index (χ1) is 11.1. The highest BCUT2D eigenvalue weighted by Crippen LogP contribution is 2.31. The molecule has 3 nitrogen and oxygen atoms in total. The van der Waals surface area contributed by atoms with Crippen molar-refractivity contribution in [3.8, 4) is 0 Å². The van der Waals surface area contributed by atoms with E-state index in [2.05, 4.69) is 32.8 Å². The van der Waals surface area contributed by atoms with Gasteiger partial charge in [0.05, 0.1) is 10.7 Å². The minimum absolute atomic E-state index is 0.122. The van der Waals surface area contributed by atoms with Crippen LogP contribution in [0.5, 0.6) is 0 Å². The van der Waals surface area contributed by atoms with Crippen LogP contribution in [-0.4, -0.2) is 19.0 Å². The van der Waals surface area contributed by atoms with Gasteiger partial charge in [-0.25, -0.2) is 0 Å². The zero-order valence-electron chi connectivity index (χ0n) is 12.7. The van der Waals surface area contributed by atoms with Crippen LogP contribution >= 0.6 is 34.2 Å². The lowest BCUT2D eigenvalue weighted by molar-refractivity contribution is 0.102. The van der Waals surface area contributed by atoms with Crippen molar-refractivity contribution >= 4 is 51.5 Å². The molecule has 1 aliphatic rings. The summed E-state index contributed by atoms with van der Waals surface area (Å²) in [5, 5.41) is 3.59. The quantitative estimate of drug-likeness (QED) is 0.667. The fourth-order valence-corrected chi connectivity index (χ4v) is 3.44. The van der Waals surface area contributed by atoms with Crippen LogP contribution < -0.4 is 10.2 Å². The van der Waals surface area contributed by atoms with E-state index in [1.165, 1.54) is 19.3 Å². The molecule has 23 heavy (non-hydrogen) atoms. The fraction of sp³-hybridized carbons (Fsp3) is 0.278. The molecule has 0 unspecified atom stereocenters. The molecule has 0 bridgehead atoms. The first-order valence-electron chi connectivity index (χ1n) is 7.75. The van der Waals surface area contributed by atoms with Crippen molar-refractivity contribution in [2.24, 2.45) is 0 Å². The summed E-state index contributed by atoms with van der Waals surface area (Å²) in [6, 6.07) is 13.2. The molecule has 3 rings (SSSR count). The molecule has 1 amide bonds. The Balaban J connectivity index is 1.72. The molecule has 1 fully saturated rings. The highest BCUT2D eigenvalue weighted by atomic mass is 127. The number of carbonyl (C=O) groups is 1. The van der Waals surface area contributed by atoms with Gasteiger partial charge in [-0.1, -0.05) is 11.6 Å². The summed E-state index contributed by atoms with van der Waals surface area (Å²) in [4.78, 5) is 14.6. The molecular formula is C18H18ClIN2O. The second kappa shape index (κ2) is 7.53. The third kappa shape index (κ3) is 4.18. The third-order valence-corrected chi connectivity index (χ3v) is 5.03. The molecule has 1 aliphatic heterocycles. The molecule has 5 heteroatoms. The number of benzene rings is 2. The van der Waals surface area contributed by atoms with Crippen molar-refractivity contribution in [2.75, 3.05) is 23.3 Å². The molecule has 2 aromatic rings. The van der Waals surface area contributed by atoms with Crippen LogP contribution in [0.3, 0.4) is 0 Å². The van der Waals surface area contributed by atoms with Crippen molar-refractivity contribution in [3.63, 3.8) is 0 Å². The topological polar surface area (TPSA) is 32.3 Å². The summed E-state index contributed by atoms with van der Waals surface area (Å²) in [6.07, 6.45) is 3.71. The smallest absolute Gasteiger partial charge is 0.255 e. The summed E-state index contributed by atoms with van der Waals surface area (Å²) in [7, 11) is 0. The number of amides is 1.